The van der Waals surface area contributed by atoms with Crippen molar-refractivity contribution in [1.29, 1.82) is 0 Å². The molecule has 33 heavy (non-hydrogen) atoms. The number of amides is 2. The van der Waals surface area contributed by atoms with Gasteiger partial charge in [0.05, 0.1) is 9.26 Å². The molecule has 2 amide bonds. The summed E-state index contributed by atoms with van der Waals surface area (Å²) >= 11 is 2.23. The Bertz CT molecular complexity index is 1140. The van der Waals surface area contributed by atoms with E-state index in [2.05, 4.69) is 32.9 Å². The average Bonchev–Trinajstić information content (AvgIpc) is 3.30. The number of primary amides is 1. The summed E-state index contributed by atoms with van der Waals surface area (Å²) in [6.45, 7) is 0. The van der Waals surface area contributed by atoms with Crippen LogP contribution in [-0.2, 0) is 11.2 Å². The molecule has 7 nitrogen and oxygen atoms in total. The van der Waals surface area contributed by atoms with Gasteiger partial charge in [-0.05, 0) is 84.2 Å². The van der Waals surface area contributed by atoms with Gasteiger partial charge in [-0.2, -0.15) is 0 Å². The Morgan fingerprint density at radius 1 is 1.12 bits per heavy atom. The number of nitrogens with two attached hydrogens (primary N) is 1. The highest BCUT2D eigenvalue weighted by molar-refractivity contribution is 14.1. The molecule has 0 saturated heterocycles. The number of halogens is 1. The van der Waals surface area contributed by atoms with Crippen molar-refractivity contribution in [3.05, 3.63) is 75.6 Å². The first-order valence-electron chi connectivity index (χ1n) is 10.9. The maximum Gasteiger partial charge on any atom is 0.258 e. The van der Waals surface area contributed by atoms with Gasteiger partial charge in [-0.1, -0.05) is 24.6 Å². The monoisotopic (exact) mass is 555 g/mol. The zero-order valence-electron chi connectivity index (χ0n) is 18.4. The summed E-state index contributed by atoms with van der Waals surface area (Å²) in [5.41, 5.74) is 8.72. The fourth-order valence-electron chi connectivity index (χ4n) is 4.30. The Kier molecular flexibility index (Phi) is 7.22. The van der Waals surface area contributed by atoms with E-state index in [0.717, 1.165) is 39.9 Å². The van der Waals surface area contributed by atoms with Gasteiger partial charge >= 0.3 is 0 Å². The molecule has 2 atom stereocenters. The highest BCUT2D eigenvalue weighted by Gasteiger charge is 2.32. The number of para-hydroxylation sites is 1. The Balaban J connectivity index is 1.44. The number of carbonyl (C=O) groups is 2. The van der Waals surface area contributed by atoms with Gasteiger partial charge in [-0.25, -0.2) is 9.97 Å². The molecule has 1 aromatic heterocycles. The minimum absolute atomic E-state index is 0.0775. The van der Waals surface area contributed by atoms with Crippen molar-refractivity contribution >= 4 is 51.7 Å². The summed E-state index contributed by atoms with van der Waals surface area (Å²) in [6.07, 6.45) is 5.37. The predicted octanol–water partition coefficient (Wildman–Crippen LogP) is 4.55. The molecule has 0 aliphatic heterocycles. The molecule has 1 aliphatic rings. The molecule has 8 heteroatoms. The van der Waals surface area contributed by atoms with Crippen LogP contribution < -0.4 is 16.0 Å². The summed E-state index contributed by atoms with van der Waals surface area (Å²) in [5, 5.41) is 3.22. The summed E-state index contributed by atoms with van der Waals surface area (Å²) in [6, 6.07) is 16.8. The van der Waals surface area contributed by atoms with Crippen molar-refractivity contribution in [1.82, 2.24) is 9.97 Å². The van der Waals surface area contributed by atoms with Crippen molar-refractivity contribution in [2.45, 2.75) is 25.7 Å². The molecule has 0 unspecified atom stereocenters. The van der Waals surface area contributed by atoms with Crippen LogP contribution in [0.5, 0.6) is 0 Å². The molecule has 0 radical (unpaired) electrons. The third-order valence-corrected chi connectivity index (χ3v) is 7.03. The lowest BCUT2D eigenvalue weighted by molar-refractivity contribution is -0.122. The van der Waals surface area contributed by atoms with Gasteiger partial charge in [0.1, 0.15) is 0 Å². The second-order valence-corrected chi connectivity index (χ2v) is 9.46. The third kappa shape index (κ3) is 5.50. The summed E-state index contributed by atoms with van der Waals surface area (Å²) < 4.78 is 0.971. The van der Waals surface area contributed by atoms with E-state index in [1.54, 1.807) is 30.3 Å². The number of carbonyl (C=O) groups excluding carboxylic acids is 2. The average molecular weight is 555 g/mol. The van der Waals surface area contributed by atoms with Crippen LogP contribution in [0.4, 0.5) is 17.3 Å². The number of rotatable bonds is 7. The van der Waals surface area contributed by atoms with Crippen molar-refractivity contribution in [2.75, 3.05) is 17.3 Å². The first-order chi connectivity index (χ1) is 15.9. The van der Waals surface area contributed by atoms with Crippen LogP contribution in [0.1, 0.15) is 35.3 Å². The van der Waals surface area contributed by atoms with E-state index >= 15 is 0 Å². The van der Waals surface area contributed by atoms with E-state index in [1.165, 1.54) is 0 Å². The molecule has 3 aromatic rings. The molecule has 2 aromatic carbocycles. The molecule has 3 N–H and O–H groups in total. The second-order valence-electron chi connectivity index (χ2n) is 8.29. The molecule has 1 aliphatic carbocycles. The normalized spacial score (nSPS) is 17.5. The van der Waals surface area contributed by atoms with Gasteiger partial charge in [0, 0.05) is 36.1 Å². The maximum atomic E-state index is 12.8. The van der Waals surface area contributed by atoms with E-state index in [9.17, 15) is 9.59 Å². The predicted molar refractivity (Wildman–Crippen MR) is 137 cm³/mol. The zero-order valence-corrected chi connectivity index (χ0v) is 20.5. The van der Waals surface area contributed by atoms with Crippen LogP contribution in [0.25, 0.3) is 0 Å². The lowest BCUT2D eigenvalue weighted by Crippen LogP contribution is -2.27. The van der Waals surface area contributed by atoms with Crippen molar-refractivity contribution in [3.8, 4) is 0 Å². The van der Waals surface area contributed by atoms with E-state index < -0.39 is 0 Å². The number of anilines is 3. The minimum Gasteiger partial charge on any atom is -0.369 e. The fraction of sp³-hybridized carbons (Fsp3) is 0.280. The van der Waals surface area contributed by atoms with Crippen molar-refractivity contribution in [2.24, 2.45) is 17.6 Å². The molecule has 1 fully saturated rings. The Hall–Kier alpha value is -3.01. The number of hydrogen-bond acceptors (Lipinski definition) is 5. The van der Waals surface area contributed by atoms with Crippen LogP contribution >= 0.6 is 22.6 Å². The molecular formula is C25H26IN5O2. The minimum atomic E-state index is -0.215. The van der Waals surface area contributed by atoms with Crippen LogP contribution in [-0.4, -0.2) is 28.8 Å². The van der Waals surface area contributed by atoms with Crippen LogP contribution in [0, 0.1) is 15.4 Å². The van der Waals surface area contributed by atoms with Gasteiger partial charge < -0.3 is 16.0 Å². The van der Waals surface area contributed by atoms with Crippen molar-refractivity contribution < 1.29 is 9.59 Å². The second kappa shape index (κ2) is 10.3. The van der Waals surface area contributed by atoms with Gasteiger partial charge in [0.25, 0.3) is 5.91 Å². The van der Waals surface area contributed by atoms with Crippen LogP contribution in [0.15, 0.2) is 60.8 Å². The summed E-state index contributed by atoms with van der Waals surface area (Å²) in [4.78, 5) is 35.2. The van der Waals surface area contributed by atoms with Gasteiger partial charge in [0.15, 0.2) is 0 Å². The number of hydrogen-bond donors (Lipinski definition) is 2. The first-order valence-corrected chi connectivity index (χ1v) is 12.0. The van der Waals surface area contributed by atoms with E-state index in [0.29, 0.717) is 17.9 Å². The lowest BCUT2D eigenvalue weighted by atomic mass is 9.91. The summed E-state index contributed by atoms with van der Waals surface area (Å²) in [7, 11) is 1.76. The molecule has 170 valence electrons. The third-order valence-electron chi connectivity index (χ3n) is 6.13. The van der Waals surface area contributed by atoms with Crippen LogP contribution in [0.2, 0.25) is 0 Å². The number of nitrogens with one attached hydrogen (secondary N) is 1. The van der Waals surface area contributed by atoms with E-state index in [-0.39, 0.29) is 23.7 Å². The van der Waals surface area contributed by atoms with E-state index in [1.807, 2.05) is 42.5 Å². The number of nitrogens with zero attached hydrogens (tertiary/aromatic N) is 3. The molecule has 1 saturated carbocycles. The molecule has 1 heterocycles. The van der Waals surface area contributed by atoms with Gasteiger partial charge in [-0.3, -0.25) is 9.59 Å². The van der Waals surface area contributed by atoms with Crippen molar-refractivity contribution in [3.63, 3.8) is 0 Å². The molecule has 0 bridgehead atoms. The summed E-state index contributed by atoms with van der Waals surface area (Å²) in [5.74, 6) is 0.338. The lowest BCUT2D eigenvalue weighted by Gasteiger charge is -2.18. The Morgan fingerprint density at radius 3 is 2.55 bits per heavy atom. The van der Waals surface area contributed by atoms with E-state index in [4.69, 9.17) is 10.7 Å². The molecule has 0 spiro atoms. The fourth-order valence-corrected chi connectivity index (χ4v) is 4.78. The highest BCUT2D eigenvalue weighted by atomic mass is 127. The standard InChI is InChI=1S/C25H26IN5O2/c1-31(19-7-3-2-4-8-19)24(33)16-10-12-18(13-11-16)29-25-28-15-21(26)22(30-25)14-17-6-5-9-20(17)23(27)32/h2-4,7-8,10-13,15,17,20H,5-6,9,14H2,1H3,(H2,27,32)(H,28,29,30)/t17-,20-/m0/s1. The van der Waals surface area contributed by atoms with Crippen LogP contribution in [0.3, 0.4) is 0 Å². The maximum absolute atomic E-state index is 12.8. The van der Waals surface area contributed by atoms with Gasteiger partial charge in [-0.15, -0.1) is 0 Å². The molecule has 4 rings (SSSR count). The smallest absolute Gasteiger partial charge is 0.258 e. The highest BCUT2D eigenvalue weighted by Crippen LogP contribution is 2.34. The SMILES string of the molecule is CN(C(=O)c1ccc(Nc2ncc(I)c(C[C@@H]3CCC[C@@H]3C(N)=O)n2)cc1)c1ccccc1. The molecular weight excluding hydrogens is 529 g/mol. The number of benzene rings is 2. The largest absolute Gasteiger partial charge is 0.369 e. The van der Waals surface area contributed by atoms with Gasteiger partial charge in [0.2, 0.25) is 11.9 Å². The number of aromatic nitrogens is 2. The quantitative estimate of drug-likeness (QED) is 0.417. The topological polar surface area (TPSA) is 101 Å². The first kappa shape index (κ1) is 23.2. The Labute approximate surface area is 206 Å². The Morgan fingerprint density at radius 2 is 1.85 bits per heavy atom. The zero-order chi connectivity index (χ0) is 23.4.